The highest BCUT2D eigenvalue weighted by atomic mass is 16.5. The summed E-state index contributed by atoms with van der Waals surface area (Å²) in [6.45, 7) is 4.74. The Hall–Kier alpha value is -4.40. The Kier molecular flexibility index (Phi) is 7.93. The Morgan fingerprint density at radius 2 is 1.39 bits per heavy atom. The number of carbonyl (C=O) groups is 4. The van der Waals surface area contributed by atoms with Gasteiger partial charge in [-0.05, 0) is 63.2 Å². The highest BCUT2D eigenvalue weighted by molar-refractivity contribution is 5.99. The molecule has 0 fully saturated rings. The molecule has 9 nitrogen and oxygen atoms in total. The minimum absolute atomic E-state index is 0.116. The number of methoxy groups -OCH3 is 3. The quantitative estimate of drug-likeness (QED) is 0.323. The van der Waals surface area contributed by atoms with Crippen LogP contribution < -0.4 is 9.47 Å². The van der Waals surface area contributed by atoms with Crippen LogP contribution in [0.15, 0.2) is 42.5 Å². The van der Waals surface area contributed by atoms with Gasteiger partial charge < -0.3 is 23.5 Å². The number of aromatic nitrogens is 1. The van der Waals surface area contributed by atoms with Crippen molar-refractivity contribution in [2.75, 3.05) is 27.9 Å². The van der Waals surface area contributed by atoms with Gasteiger partial charge >= 0.3 is 11.9 Å². The fourth-order valence-corrected chi connectivity index (χ4v) is 3.88. The number of aryl methyl sites for hydroxylation is 1. The molecule has 3 aromatic rings. The third kappa shape index (κ3) is 5.30. The van der Waals surface area contributed by atoms with Crippen LogP contribution in [0.2, 0.25) is 0 Å². The lowest BCUT2D eigenvalue weighted by Crippen LogP contribution is -2.14. The van der Waals surface area contributed by atoms with Gasteiger partial charge in [0.2, 0.25) is 5.78 Å². The number of Topliss-reactive ketones (excluding diaryl/α,β-unsaturated/α-hetero) is 2. The molecule has 0 bridgehead atoms. The standard InChI is InChI=1S/C27H27NO8/c1-15-9-22(23(30)14-36-24-8-7-18(17(3)29)13-25(24)33-4)16(2)28(15)21-11-19(26(31)34-5)10-20(12-21)27(32)35-6/h7-13H,14H2,1-6H3. The molecular formula is C27H27NO8. The SMILES string of the molecule is COC(=O)c1cc(C(=O)OC)cc(-n2c(C)cc(C(=O)COc3ccc(C(C)=O)cc3OC)c2C)c1. The minimum Gasteiger partial charge on any atom is -0.493 e. The van der Waals surface area contributed by atoms with Crippen LogP contribution in [-0.4, -0.2) is 56.0 Å². The summed E-state index contributed by atoms with van der Waals surface area (Å²) in [5.41, 5.74) is 3.01. The summed E-state index contributed by atoms with van der Waals surface area (Å²) in [5.74, 6) is -0.953. The molecule has 9 heteroatoms. The van der Waals surface area contributed by atoms with Crippen molar-refractivity contribution in [2.24, 2.45) is 0 Å². The normalized spacial score (nSPS) is 10.5. The maximum atomic E-state index is 13.1. The van der Waals surface area contributed by atoms with Gasteiger partial charge in [0.1, 0.15) is 0 Å². The molecule has 0 radical (unpaired) electrons. The summed E-state index contributed by atoms with van der Waals surface area (Å²) in [4.78, 5) is 49.1. The van der Waals surface area contributed by atoms with Crippen molar-refractivity contribution in [2.45, 2.75) is 20.8 Å². The number of hydrogen-bond donors (Lipinski definition) is 0. The van der Waals surface area contributed by atoms with Gasteiger partial charge in [-0.2, -0.15) is 0 Å². The van der Waals surface area contributed by atoms with Crippen molar-refractivity contribution in [3.05, 3.63) is 76.1 Å². The maximum absolute atomic E-state index is 13.1. The third-order valence-corrected chi connectivity index (χ3v) is 5.68. The number of nitrogens with zero attached hydrogens (tertiary/aromatic N) is 1. The zero-order valence-corrected chi connectivity index (χ0v) is 21.0. The molecule has 0 aliphatic rings. The van der Waals surface area contributed by atoms with Gasteiger partial charge in [-0.15, -0.1) is 0 Å². The van der Waals surface area contributed by atoms with Gasteiger partial charge in [0.05, 0.1) is 32.5 Å². The second-order valence-electron chi connectivity index (χ2n) is 8.01. The molecule has 0 N–H and O–H groups in total. The van der Waals surface area contributed by atoms with Gasteiger partial charge in [0.15, 0.2) is 23.9 Å². The Labute approximate surface area is 208 Å². The largest absolute Gasteiger partial charge is 0.493 e. The molecule has 0 spiro atoms. The van der Waals surface area contributed by atoms with Crippen molar-refractivity contribution in [1.29, 1.82) is 0 Å². The van der Waals surface area contributed by atoms with E-state index in [0.717, 1.165) is 0 Å². The molecule has 1 heterocycles. The molecular weight excluding hydrogens is 466 g/mol. The van der Waals surface area contributed by atoms with Crippen molar-refractivity contribution >= 4 is 23.5 Å². The van der Waals surface area contributed by atoms with Crippen molar-refractivity contribution < 1.29 is 38.1 Å². The predicted molar refractivity (Wildman–Crippen MR) is 131 cm³/mol. The lowest BCUT2D eigenvalue weighted by Gasteiger charge is -2.13. The van der Waals surface area contributed by atoms with E-state index in [-0.39, 0.29) is 29.3 Å². The highest BCUT2D eigenvalue weighted by Gasteiger charge is 2.21. The molecule has 0 atom stereocenters. The first-order valence-electron chi connectivity index (χ1n) is 11.0. The van der Waals surface area contributed by atoms with E-state index in [1.54, 1.807) is 54.8 Å². The van der Waals surface area contributed by atoms with E-state index in [4.69, 9.17) is 18.9 Å². The first-order chi connectivity index (χ1) is 17.1. The van der Waals surface area contributed by atoms with E-state index in [1.165, 1.54) is 34.3 Å². The number of carbonyl (C=O) groups excluding carboxylic acids is 4. The zero-order valence-electron chi connectivity index (χ0n) is 21.0. The Morgan fingerprint density at radius 1 is 0.778 bits per heavy atom. The lowest BCUT2D eigenvalue weighted by atomic mass is 10.1. The minimum atomic E-state index is -0.612. The highest BCUT2D eigenvalue weighted by Crippen LogP contribution is 2.29. The van der Waals surface area contributed by atoms with E-state index in [1.807, 2.05) is 0 Å². The monoisotopic (exact) mass is 493 g/mol. The fraction of sp³-hybridized carbons (Fsp3) is 0.259. The fourth-order valence-electron chi connectivity index (χ4n) is 3.88. The molecule has 2 aromatic carbocycles. The summed E-state index contributed by atoms with van der Waals surface area (Å²) in [5, 5.41) is 0. The summed E-state index contributed by atoms with van der Waals surface area (Å²) in [6.07, 6.45) is 0. The van der Waals surface area contributed by atoms with Gasteiger partial charge in [0, 0.05) is 28.2 Å². The average molecular weight is 494 g/mol. The zero-order chi connectivity index (χ0) is 26.6. The van der Waals surface area contributed by atoms with E-state index < -0.39 is 11.9 Å². The first kappa shape index (κ1) is 26.2. The van der Waals surface area contributed by atoms with E-state index in [0.29, 0.717) is 39.7 Å². The van der Waals surface area contributed by atoms with Crippen LogP contribution in [0, 0.1) is 13.8 Å². The third-order valence-electron chi connectivity index (χ3n) is 5.68. The van der Waals surface area contributed by atoms with Crippen LogP contribution in [0.5, 0.6) is 11.5 Å². The molecule has 0 unspecified atom stereocenters. The van der Waals surface area contributed by atoms with Crippen molar-refractivity contribution in [3.8, 4) is 17.2 Å². The number of hydrogen-bond acceptors (Lipinski definition) is 8. The molecule has 0 aliphatic carbocycles. The topological polar surface area (TPSA) is 110 Å². The lowest BCUT2D eigenvalue weighted by molar-refractivity contribution is 0.0598. The Balaban J connectivity index is 1.94. The number of esters is 2. The molecule has 0 saturated carbocycles. The second kappa shape index (κ2) is 10.9. The van der Waals surface area contributed by atoms with E-state index >= 15 is 0 Å². The number of ketones is 2. The molecule has 0 amide bonds. The predicted octanol–water partition coefficient (Wildman–Crippen LogP) is 4.14. The molecule has 36 heavy (non-hydrogen) atoms. The van der Waals surface area contributed by atoms with Gasteiger partial charge in [0.25, 0.3) is 0 Å². The first-order valence-corrected chi connectivity index (χ1v) is 11.0. The summed E-state index contributed by atoms with van der Waals surface area (Å²) < 4.78 is 22.4. The molecule has 188 valence electrons. The Bertz CT molecular complexity index is 1320. The van der Waals surface area contributed by atoms with Gasteiger partial charge in [-0.1, -0.05) is 0 Å². The molecule has 3 rings (SSSR count). The van der Waals surface area contributed by atoms with Crippen LogP contribution in [-0.2, 0) is 9.47 Å². The van der Waals surface area contributed by atoms with Crippen molar-refractivity contribution in [1.82, 2.24) is 4.57 Å². The summed E-state index contributed by atoms with van der Waals surface area (Å²) in [7, 11) is 3.95. The average Bonchev–Trinajstić information content (AvgIpc) is 3.19. The van der Waals surface area contributed by atoms with Crippen LogP contribution >= 0.6 is 0 Å². The number of ether oxygens (including phenoxy) is 4. The van der Waals surface area contributed by atoms with Gasteiger partial charge in [-0.3, -0.25) is 9.59 Å². The van der Waals surface area contributed by atoms with Crippen molar-refractivity contribution in [3.63, 3.8) is 0 Å². The Morgan fingerprint density at radius 3 is 1.92 bits per heavy atom. The maximum Gasteiger partial charge on any atom is 0.337 e. The number of rotatable bonds is 9. The molecule has 0 saturated heterocycles. The second-order valence-corrected chi connectivity index (χ2v) is 8.01. The number of benzene rings is 2. The van der Waals surface area contributed by atoms with Gasteiger partial charge in [-0.25, -0.2) is 9.59 Å². The van der Waals surface area contributed by atoms with Crippen LogP contribution in [0.25, 0.3) is 5.69 Å². The molecule has 1 aromatic heterocycles. The summed E-state index contributed by atoms with van der Waals surface area (Å²) >= 11 is 0. The van der Waals surface area contributed by atoms with Crippen LogP contribution in [0.1, 0.15) is 59.7 Å². The smallest absolute Gasteiger partial charge is 0.337 e. The van der Waals surface area contributed by atoms with E-state index in [2.05, 4.69) is 0 Å². The van der Waals surface area contributed by atoms with Crippen LogP contribution in [0.4, 0.5) is 0 Å². The summed E-state index contributed by atoms with van der Waals surface area (Å²) in [6, 6.07) is 11.0. The van der Waals surface area contributed by atoms with E-state index in [9.17, 15) is 19.2 Å². The van der Waals surface area contributed by atoms with Crippen LogP contribution in [0.3, 0.4) is 0 Å². The molecule has 0 aliphatic heterocycles.